The average Bonchev–Trinajstić information content (AvgIpc) is 3.33. The van der Waals surface area contributed by atoms with E-state index >= 15 is 0 Å². The molecule has 0 aromatic carbocycles. The highest BCUT2D eigenvalue weighted by Crippen LogP contribution is 2.42. The Morgan fingerprint density at radius 3 is 3.00 bits per heavy atom. The molecule has 2 aliphatic rings. The predicted molar refractivity (Wildman–Crippen MR) is 84.9 cm³/mol. The number of morpholine rings is 1. The van der Waals surface area contributed by atoms with Gasteiger partial charge in [0.25, 0.3) is 0 Å². The van der Waals surface area contributed by atoms with Gasteiger partial charge in [0.15, 0.2) is 5.66 Å². The maximum Gasteiger partial charge on any atom is 0.243 e. The Kier molecular flexibility index (Phi) is 3.90. The Bertz CT molecular complexity index is 786. The Hall–Kier alpha value is -2.50. The van der Waals surface area contributed by atoms with Crippen LogP contribution in [0.4, 0.5) is 0 Å². The molecule has 2 aromatic heterocycles. The summed E-state index contributed by atoms with van der Waals surface area (Å²) in [5.41, 5.74) is -2.28. The maximum absolute atomic E-state index is 11.6. The molecule has 0 amide bonds. The van der Waals surface area contributed by atoms with Crippen molar-refractivity contribution in [3.05, 3.63) is 24.3 Å². The molecule has 2 atom stereocenters. The molecule has 1 saturated heterocycles. The number of aromatic amines is 1. The minimum Gasteiger partial charge on any atom is -0.381 e. The number of tetrazole rings is 2. The van der Waals surface area contributed by atoms with Crippen LogP contribution in [0.15, 0.2) is 24.3 Å². The zero-order valence-corrected chi connectivity index (χ0v) is 13.8. The van der Waals surface area contributed by atoms with E-state index in [9.17, 15) is 5.11 Å². The lowest BCUT2D eigenvalue weighted by molar-refractivity contribution is -0.203. The summed E-state index contributed by atoms with van der Waals surface area (Å²) in [7, 11) is 0. The van der Waals surface area contributed by atoms with Gasteiger partial charge in [-0.3, -0.25) is 4.90 Å². The van der Waals surface area contributed by atoms with Gasteiger partial charge in [0.2, 0.25) is 11.6 Å². The van der Waals surface area contributed by atoms with Gasteiger partial charge in [-0.1, -0.05) is 25.2 Å². The lowest BCUT2D eigenvalue weighted by Crippen LogP contribution is -2.70. The number of hydrogen-bond acceptors (Lipinski definition) is 9. The van der Waals surface area contributed by atoms with Crippen LogP contribution in [-0.4, -0.2) is 82.7 Å². The number of hydrogen-bond donors (Lipinski definition) is 2. The molecule has 25 heavy (non-hydrogen) atoms. The van der Waals surface area contributed by atoms with Crippen molar-refractivity contribution in [1.29, 1.82) is 0 Å². The smallest absolute Gasteiger partial charge is 0.243 e. The molecule has 0 bridgehead atoms. The number of aliphatic hydroxyl groups is 1. The third-order valence-electron chi connectivity index (χ3n) is 4.82. The fourth-order valence-corrected chi connectivity index (χ4v) is 3.60. The molecule has 0 spiro atoms. The molecule has 0 saturated carbocycles. The zero-order chi connectivity index (χ0) is 17.3. The van der Waals surface area contributed by atoms with Gasteiger partial charge in [-0.2, -0.15) is 9.90 Å². The first kappa shape index (κ1) is 16.0. The Labute approximate surface area is 143 Å². The maximum atomic E-state index is 11.6. The highest BCUT2D eigenvalue weighted by atomic mass is 16.5. The third-order valence-corrected chi connectivity index (χ3v) is 4.82. The van der Waals surface area contributed by atoms with Crippen molar-refractivity contribution in [2.75, 3.05) is 26.3 Å². The fraction of sp³-hybridized carbons (Fsp3) is 0.571. The first-order valence-electron chi connectivity index (χ1n) is 8.13. The Morgan fingerprint density at radius 1 is 1.36 bits per heavy atom. The van der Waals surface area contributed by atoms with Crippen molar-refractivity contribution in [3.63, 3.8) is 0 Å². The van der Waals surface area contributed by atoms with E-state index in [1.165, 1.54) is 0 Å². The van der Waals surface area contributed by atoms with Crippen molar-refractivity contribution < 1.29 is 9.84 Å². The summed E-state index contributed by atoms with van der Waals surface area (Å²) < 4.78 is 7.35. The van der Waals surface area contributed by atoms with Crippen molar-refractivity contribution in [3.8, 4) is 11.6 Å². The number of likely N-dealkylation sites (N-methyl/N-ethyl adjacent to an activating group) is 1. The molecular formula is C14H19N9O2. The van der Waals surface area contributed by atoms with Crippen molar-refractivity contribution >= 4 is 0 Å². The summed E-state index contributed by atoms with van der Waals surface area (Å²) in [6.45, 7) is 4.16. The number of nitrogens with zero attached hydrogens (tertiary/aromatic N) is 8. The molecule has 4 rings (SSSR count). The second-order valence-electron chi connectivity index (χ2n) is 6.01. The monoisotopic (exact) mass is 345 g/mol. The number of aromatic nitrogens is 8. The second kappa shape index (κ2) is 6.10. The minimum absolute atomic E-state index is 0.228. The SMILES string of the molecule is CCN1CCOCC1(n1nnnc1-c1nn[nH]n1)C1(O)C=CC=CC1. The van der Waals surface area contributed by atoms with Crippen LogP contribution in [0.5, 0.6) is 0 Å². The Balaban J connectivity index is 1.92. The standard InChI is InChI=1S/C14H19N9O2/c1-2-22-8-9-25-10-14(22,13(24)6-4-3-5-7-13)23-12(17-20-21-23)11-15-18-19-16-11/h3-6,24H,2,7-10H2,1H3,(H,15,16,18,19). The van der Waals surface area contributed by atoms with Crippen LogP contribution in [0, 0.1) is 0 Å². The van der Waals surface area contributed by atoms with E-state index < -0.39 is 11.3 Å². The highest BCUT2D eigenvalue weighted by molar-refractivity contribution is 5.41. The molecule has 2 N–H and O–H groups in total. The van der Waals surface area contributed by atoms with E-state index in [2.05, 4.69) is 41.0 Å². The quantitative estimate of drug-likeness (QED) is 0.724. The minimum atomic E-state index is -1.26. The summed E-state index contributed by atoms with van der Waals surface area (Å²) >= 11 is 0. The van der Waals surface area contributed by atoms with E-state index in [1.807, 2.05) is 25.2 Å². The van der Waals surface area contributed by atoms with Crippen LogP contribution in [-0.2, 0) is 10.4 Å². The van der Waals surface area contributed by atoms with Gasteiger partial charge >= 0.3 is 0 Å². The Morgan fingerprint density at radius 2 is 2.28 bits per heavy atom. The van der Waals surface area contributed by atoms with Gasteiger partial charge in [-0.15, -0.1) is 15.3 Å². The molecule has 1 fully saturated rings. The van der Waals surface area contributed by atoms with Crippen LogP contribution in [0.25, 0.3) is 11.6 Å². The second-order valence-corrected chi connectivity index (χ2v) is 6.01. The molecule has 0 radical (unpaired) electrons. The zero-order valence-electron chi connectivity index (χ0n) is 13.8. The van der Waals surface area contributed by atoms with E-state index in [1.54, 1.807) is 10.8 Å². The van der Waals surface area contributed by atoms with Gasteiger partial charge in [0.1, 0.15) is 5.60 Å². The number of rotatable bonds is 4. The number of H-pyrrole nitrogens is 1. The predicted octanol–water partition coefficient (Wildman–Crippen LogP) is -0.895. The van der Waals surface area contributed by atoms with Crippen LogP contribution >= 0.6 is 0 Å². The number of nitrogens with one attached hydrogen (secondary N) is 1. The molecule has 132 valence electrons. The number of allylic oxidation sites excluding steroid dienone is 2. The first-order chi connectivity index (χ1) is 12.2. The van der Waals surface area contributed by atoms with Crippen molar-refractivity contribution in [2.24, 2.45) is 0 Å². The largest absolute Gasteiger partial charge is 0.381 e. The lowest BCUT2D eigenvalue weighted by atomic mass is 9.80. The molecule has 1 aliphatic carbocycles. The summed E-state index contributed by atoms with van der Waals surface area (Å²) in [6, 6.07) is 0. The van der Waals surface area contributed by atoms with E-state index in [-0.39, 0.29) is 12.4 Å². The normalized spacial score (nSPS) is 30.0. The third kappa shape index (κ3) is 2.31. The van der Waals surface area contributed by atoms with Gasteiger partial charge in [0, 0.05) is 13.0 Å². The van der Waals surface area contributed by atoms with Gasteiger partial charge < -0.3 is 9.84 Å². The first-order valence-corrected chi connectivity index (χ1v) is 8.13. The molecule has 3 heterocycles. The summed E-state index contributed by atoms with van der Waals surface area (Å²) in [4.78, 5) is 2.12. The van der Waals surface area contributed by atoms with Gasteiger partial charge in [-0.05, 0) is 28.3 Å². The summed E-state index contributed by atoms with van der Waals surface area (Å²) in [5.74, 6) is 0.569. The fourth-order valence-electron chi connectivity index (χ4n) is 3.60. The molecule has 1 aliphatic heterocycles. The highest BCUT2D eigenvalue weighted by Gasteiger charge is 2.57. The molecule has 2 aromatic rings. The molecule has 2 unspecified atom stereocenters. The van der Waals surface area contributed by atoms with Gasteiger partial charge in [-0.25, -0.2) is 0 Å². The number of ether oxygens (including phenoxy) is 1. The van der Waals surface area contributed by atoms with Crippen LogP contribution < -0.4 is 0 Å². The lowest BCUT2D eigenvalue weighted by Gasteiger charge is -2.53. The van der Waals surface area contributed by atoms with Gasteiger partial charge in [0.05, 0.1) is 13.2 Å². The van der Waals surface area contributed by atoms with E-state index in [0.717, 1.165) is 0 Å². The molecule has 11 nitrogen and oxygen atoms in total. The summed E-state index contributed by atoms with van der Waals surface area (Å²) in [5, 5.41) is 37.6. The molecular weight excluding hydrogens is 326 g/mol. The van der Waals surface area contributed by atoms with Crippen molar-refractivity contribution in [1.82, 2.24) is 45.7 Å². The summed E-state index contributed by atoms with van der Waals surface area (Å²) in [6.07, 6.45) is 7.83. The average molecular weight is 345 g/mol. The van der Waals surface area contributed by atoms with Crippen molar-refractivity contribution in [2.45, 2.75) is 24.6 Å². The van der Waals surface area contributed by atoms with Crippen LogP contribution in [0.3, 0.4) is 0 Å². The van der Waals surface area contributed by atoms with E-state index in [4.69, 9.17) is 4.74 Å². The topological polar surface area (TPSA) is 131 Å². The van der Waals surface area contributed by atoms with Crippen LogP contribution in [0.2, 0.25) is 0 Å². The van der Waals surface area contributed by atoms with Crippen LogP contribution in [0.1, 0.15) is 13.3 Å². The van der Waals surface area contributed by atoms with E-state index in [0.29, 0.717) is 31.9 Å². The molecule has 11 heteroatoms.